The SMILES string of the molecule is COc1ccc(S(=O)(=O)N(C)c2ccc3sc(C(=O)NC4CCCCC4)cc3c2)cc1. The van der Waals surface area contributed by atoms with Crippen LogP contribution in [0.1, 0.15) is 41.8 Å². The number of fused-ring (bicyclic) bond motifs is 1. The van der Waals surface area contributed by atoms with Gasteiger partial charge in [0.1, 0.15) is 5.75 Å². The third kappa shape index (κ3) is 4.55. The lowest BCUT2D eigenvalue weighted by Crippen LogP contribution is -2.35. The number of sulfonamides is 1. The molecule has 1 amide bonds. The summed E-state index contributed by atoms with van der Waals surface area (Å²) in [6.45, 7) is 0. The van der Waals surface area contributed by atoms with E-state index in [1.807, 2.05) is 18.2 Å². The Morgan fingerprint density at radius 1 is 1.06 bits per heavy atom. The number of ether oxygens (including phenoxy) is 1. The Morgan fingerprint density at radius 2 is 1.77 bits per heavy atom. The molecule has 0 aliphatic heterocycles. The van der Waals surface area contributed by atoms with Gasteiger partial charge in [0.15, 0.2) is 0 Å². The van der Waals surface area contributed by atoms with Gasteiger partial charge in [0.05, 0.1) is 22.6 Å². The summed E-state index contributed by atoms with van der Waals surface area (Å²) in [4.78, 5) is 13.5. The summed E-state index contributed by atoms with van der Waals surface area (Å²) in [5.41, 5.74) is 0.542. The van der Waals surface area contributed by atoms with Crippen LogP contribution in [0.3, 0.4) is 0 Å². The first kappa shape index (κ1) is 21.6. The summed E-state index contributed by atoms with van der Waals surface area (Å²) in [7, 11) is -0.644. The van der Waals surface area contributed by atoms with E-state index in [0.29, 0.717) is 16.3 Å². The molecule has 1 heterocycles. The molecule has 0 atom stereocenters. The summed E-state index contributed by atoms with van der Waals surface area (Å²) in [6.07, 6.45) is 5.64. The average molecular weight is 459 g/mol. The minimum atomic E-state index is -3.71. The number of hydrogen-bond donors (Lipinski definition) is 1. The molecule has 1 fully saturated rings. The van der Waals surface area contributed by atoms with Crippen molar-refractivity contribution >= 4 is 43.0 Å². The number of methoxy groups -OCH3 is 1. The molecule has 3 aromatic rings. The van der Waals surface area contributed by atoms with Crippen molar-refractivity contribution in [3.05, 3.63) is 53.4 Å². The van der Waals surface area contributed by atoms with Gasteiger partial charge in [0, 0.05) is 17.8 Å². The Morgan fingerprint density at radius 3 is 2.45 bits per heavy atom. The van der Waals surface area contributed by atoms with Crippen LogP contribution in [-0.4, -0.2) is 34.5 Å². The van der Waals surface area contributed by atoms with E-state index in [-0.39, 0.29) is 16.8 Å². The molecule has 1 aliphatic carbocycles. The van der Waals surface area contributed by atoms with Crippen molar-refractivity contribution in [2.45, 2.75) is 43.0 Å². The number of benzene rings is 2. The van der Waals surface area contributed by atoms with Crippen LogP contribution in [0.25, 0.3) is 10.1 Å². The Labute approximate surface area is 186 Å². The van der Waals surface area contributed by atoms with E-state index in [1.54, 1.807) is 18.2 Å². The maximum Gasteiger partial charge on any atom is 0.264 e. The average Bonchev–Trinajstić information content (AvgIpc) is 3.23. The van der Waals surface area contributed by atoms with Crippen molar-refractivity contribution < 1.29 is 17.9 Å². The lowest BCUT2D eigenvalue weighted by atomic mass is 9.95. The van der Waals surface area contributed by atoms with Crippen LogP contribution in [-0.2, 0) is 10.0 Å². The molecule has 6 nitrogen and oxygen atoms in total. The topological polar surface area (TPSA) is 75.7 Å². The van der Waals surface area contributed by atoms with Crippen molar-refractivity contribution in [3.63, 3.8) is 0 Å². The number of anilines is 1. The lowest BCUT2D eigenvalue weighted by Gasteiger charge is -2.22. The fourth-order valence-corrected chi connectivity index (χ4v) is 6.02. The zero-order valence-corrected chi connectivity index (χ0v) is 19.3. The number of amides is 1. The second kappa shape index (κ2) is 8.88. The first-order valence-electron chi connectivity index (χ1n) is 10.4. The number of carbonyl (C=O) groups excluding carboxylic acids is 1. The molecule has 2 aromatic carbocycles. The fourth-order valence-electron chi connectivity index (χ4n) is 3.89. The van der Waals surface area contributed by atoms with Crippen LogP contribution < -0.4 is 14.4 Å². The van der Waals surface area contributed by atoms with Crippen LogP contribution >= 0.6 is 11.3 Å². The smallest absolute Gasteiger partial charge is 0.264 e. The van der Waals surface area contributed by atoms with Crippen LogP contribution in [0.15, 0.2) is 53.4 Å². The number of thiophene rings is 1. The van der Waals surface area contributed by atoms with Crippen molar-refractivity contribution in [2.24, 2.45) is 0 Å². The number of carbonyl (C=O) groups is 1. The molecule has 164 valence electrons. The summed E-state index contributed by atoms with van der Waals surface area (Å²) >= 11 is 1.43. The second-order valence-electron chi connectivity index (χ2n) is 7.79. The van der Waals surface area contributed by atoms with E-state index in [2.05, 4.69) is 5.32 Å². The standard InChI is InChI=1S/C23H26N2O4S2/c1-25(31(27,28)20-11-9-19(29-2)10-12-20)18-8-13-21-16(14-18)15-22(30-21)23(26)24-17-6-4-3-5-7-17/h8-15,17H,3-7H2,1-2H3,(H,24,26). The third-order valence-corrected chi connectivity index (χ3v) is 8.66. The molecule has 0 bridgehead atoms. The van der Waals surface area contributed by atoms with E-state index < -0.39 is 10.0 Å². The predicted octanol–water partition coefficient (Wildman–Crippen LogP) is 4.80. The van der Waals surface area contributed by atoms with E-state index in [9.17, 15) is 13.2 Å². The number of nitrogens with zero attached hydrogens (tertiary/aromatic N) is 1. The Bertz CT molecular complexity index is 1180. The van der Waals surface area contributed by atoms with Gasteiger partial charge < -0.3 is 10.1 Å². The maximum atomic E-state index is 13.0. The molecular weight excluding hydrogens is 432 g/mol. The van der Waals surface area contributed by atoms with E-state index in [4.69, 9.17) is 4.74 Å². The summed E-state index contributed by atoms with van der Waals surface area (Å²) in [6, 6.07) is 13.8. The van der Waals surface area contributed by atoms with Gasteiger partial charge in [-0.15, -0.1) is 11.3 Å². The van der Waals surface area contributed by atoms with Gasteiger partial charge in [-0.1, -0.05) is 19.3 Å². The van der Waals surface area contributed by atoms with Gasteiger partial charge in [-0.05, 0) is 66.8 Å². The molecule has 1 aliphatic rings. The predicted molar refractivity (Wildman–Crippen MR) is 125 cm³/mol. The molecule has 1 saturated carbocycles. The normalized spacial score (nSPS) is 15.0. The number of rotatable bonds is 6. The summed E-state index contributed by atoms with van der Waals surface area (Å²) < 4.78 is 33.4. The Balaban J connectivity index is 1.56. The lowest BCUT2D eigenvalue weighted by molar-refractivity contribution is 0.0932. The fraction of sp³-hybridized carbons (Fsp3) is 0.348. The maximum absolute atomic E-state index is 13.0. The summed E-state index contributed by atoms with van der Waals surface area (Å²) in [5.74, 6) is 0.550. The van der Waals surface area contributed by atoms with Crippen LogP contribution in [0.5, 0.6) is 5.75 Å². The van der Waals surface area contributed by atoms with Crippen molar-refractivity contribution in [1.29, 1.82) is 0 Å². The van der Waals surface area contributed by atoms with Gasteiger partial charge in [0.25, 0.3) is 15.9 Å². The monoisotopic (exact) mass is 458 g/mol. The van der Waals surface area contributed by atoms with Gasteiger partial charge >= 0.3 is 0 Å². The van der Waals surface area contributed by atoms with Gasteiger partial charge in [0.2, 0.25) is 0 Å². The number of nitrogens with one attached hydrogen (secondary N) is 1. The molecular formula is C23H26N2O4S2. The van der Waals surface area contributed by atoms with E-state index >= 15 is 0 Å². The minimum absolute atomic E-state index is 0.0474. The first-order valence-corrected chi connectivity index (χ1v) is 12.6. The molecule has 8 heteroatoms. The minimum Gasteiger partial charge on any atom is -0.497 e. The number of hydrogen-bond acceptors (Lipinski definition) is 5. The molecule has 1 N–H and O–H groups in total. The molecule has 0 unspecified atom stereocenters. The van der Waals surface area contributed by atoms with E-state index in [0.717, 1.165) is 35.8 Å². The highest BCUT2D eigenvalue weighted by atomic mass is 32.2. The van der Waals surface area contributed by atoms with E-state index in [1.165, 1.54) is 48.4 Å². The van der Waals surface area contributed by atoms with Crippen LogP contribution in [0.4, 0.5) is 5.69 Å². The van der Waals surface area contributed by atoms with Crippen LogP contribution in [0, 0.1) is 0 Å². The molecule has 0 spiro atoms. The summed E-state index contributed by atoms with van der Waals surface area (Å²) in [5, 5.41) is 4.00. The first-order chi connectivity index (χ1) is 14.9. The largest absolute Gasteiger partial charge is 0.497 e. The highest BCUT2D eigenvalue weighted by molar-refractivity contribution is 7.92. The molecule has 0 saturated heterocycles. The van der Waals surface area contributed by atoms with Gasteiger partial charge in [-0.3, -0.25) is 9.10 Å². The quantitative estimate of drug-likeness (QED) is 0.576. The van der Waals surface area contributed by atoms with Gasteiger partial charge in [-0.25, -0.2) is 8.42 Å². The zero-order chi connectivity index (χ0) is 22.0. The highest BCUT2D eigenvalue weighted by Crippen LogP contribution is 2.32. The highest BCUT2D eigenvalue weighted by Gasteiger charge is 2.22. The molecule has 0 radical (unpaired) electrons. The van der Waals surface area contributed by atoms with Crippen molar-refractivity contribution in [2.75, 3.05) is 18.5 Å². The van der Waals surface area contributed by atoms with Gasteiger partial charge in [-0.2, -0.15) is 0 Å². The second-order valence-corrected chi connectivity index (χ2v) is 10.8. The Kier molecular flexibility index (Phi) is 6.20. The molecule has 4 rings (SSSR count). The molecule has 1 aromatic heterocycles. The third-order valence-electron chi connectivity index (χ3n) is 5.75. The van der Waals surface area contributed by atoms with Crippen molar-refractivity contribution in [3.8, 4) is 5.75 Å². The Hall–Kier alpha value is -2.58. The molecule has 31 heavy (non-hydrogen) atoms. The van der Waals surface area contributed by atoms with Crippen molar-refractivity contribution in [1.82, 2.24) is 5.32 Å². The zero-order valence-electron chi connectivity index (χ0n) is 17.6. The van der Waals surface area contributed by atoms with Crippen LogP contribution in [0.2, 0.25) is 0 Å².